The predicted octanol–water partition coefficient (Wildman–Crippen LogP) is 2.62. The van der Waals surface area contributed by atoms with Crippen molar-refractivity contribution < 1.29 is 23.5 Å². The van der Waals surface area contributed by atoms with Gasteiger partial charge in [-0.2, -0.15) is 0 Å². The number of hydrogen-bond donors (Lipinski definition) is 1. The van der Waals surface area contributed by atoms with Gasteiger partial charge in [0.2, 0.25) is 0 Å². The van der Waals surface area contributed by atoms with Crippen LogP contribution in [0.2, 0.25) is 0 Å². The number of carboxylic acid groups (broad SMARTS) is 1. The largest absolute Gasteiger partial charge is 0.478 e. The highest BCUT2D eigenvalue weighted by atomic mass is 19.1. The van der Waals surface area contributed by atoms with Gasteiger partial charge in [0.25, 0.3) is 5.91 Å². The first kappa shape index (κ1) is 14.3. The summed E-state index contributed by atoms with van der Waals surface area (Å²) in [6.07, 6.45) is 1.90. The standard InChI is InChI=1S/C16H14FNO4/c1-9-4-12(8-22-9)15(19)18-3-2-10-6-14(17)13(16(20)21)5-11(10)7-18/h4-6,8H,2-3,7H2,1H3,(H,20,21). The number of benzene rings is 1. The van der Waals surface area contributed by atoms with Crippen LogP contribution in [-0.2, 0) is 13.0 Å². The van der Waals surface area contributed by atoms with Gasteiger partial charge in [-0.05, 0) is 42.7 Å². The third kappa shape index (κ3) is 2.47. The van der Waals surface area contributed by atoms with Gasteiger partial charge in [-0.3, -0.25) is 4.79 Å². The fourth-order valence-electron chi connectivity index (χ4n) is 2.65. The van der Waals surface area contributed by atoms with Crippen LogP contribution < -0.4 is 0 Å². The van der Waals surface area contributed by atoms with Crippen molar-refractivity contribution in [1.82, 2.24) is 4.90 Å². The Morgan fingerprint density at radius 2 is 2.05 bits per heavy atom. The number of aromatic carboxylic acids is 1. The van der Waals surface area contributed by atoms with Crippen LogP contribution in [0.25, 0.3) is 0 Å². The Bertz CT molecular complexity index is 766. The number of carbonyl (C=O) groups is 2. The first-order chi connectivity index (χ1) is 10.5. The van der Waals surface area contributed by atoms with Crippen molar-refractivity contribution in [2.45, 2.75) is 19.9 Å². The number of nitrogens with zero attached hydrogens (tertiary/aromatic N) is 1. The van der Waals surface area contributed by atoms with Gasteiger partial charge in [-0.25, -0.2) is 9.18 Å². The van der Waals surface area contributed by atoms with E-state index in [0.29, 0.717) is 29.9 Å². The fraction of sp³-hybridized carbons (Fsp3) is 0.250. The van der Waals surface area contributed by atoms with Crippen LogP contribution in [0.1, 0.15) is 37.6 Å². The lowest BCUT2D eigenvalue weighted by atomic mass is 9.96. The van der Waals surface area contributed by atoms with E-state index in [9.17, 15) is 14.0 Å². The van der Waals surface area contributed by atoms with E-state index in [1.165, 1.54) is 18.4 Å². The number of carboxylic acids is 1. The van der Waals surface area contributed by atoms with E-state index >= 15 is 0 Å². The van der Waals surface area contributed by atoms with Crippen molar-refractivity contribution in [3.05, 3.63) is 58.3 Å². The van der Waals surface area contributed by atoms with Crippen LogP contribution in [0.15, 0.2) is 28.9 Å². The van der Waals surface area contributed by atoms with Gasteiger partial charge in [0.15, 0.2) is 0 Å². The summed E-state index contributed by atoms with van der Waals surface area (Å²) in [5.41, 5.74) is 1.50. The Kier molecular flexibility index (Phi) is 3.44. The summed E-state index contributed by atoms with van der Waals surface area (Å²) in [4.78, 5) is 25.0. The minimum Gasteiger partial charge on any atom is -0.478 e. The van der Waals surface area contributed by atoms with E-state index in [4.69, 9.17) is 9.52 Å². The lowest BCUT2D eigenvalue weighted by molar-refractivity contribution is 0.0691. The smallest absolute Gasteiger partial charge is 0.338 e. The Morgan fingerprint density at radius 3 is 2.68 bits per heavy atom. The molecule has 1 aromatic heterocycles. The molecule has 0 saturated heterocycles. The number of aryl methyl sites for hydroxylation is 1. The summed E-state index contributed by atoms with van der Waals surface area (Å²) < 4.78 is 18.8. The van der Waals surface area contributed by atoms with Gasteiger partial charge >= 0.3 is 5.97 Å². The second-order valence-corrected chi connectivity index (χ2v) is 5.33. The maximum absolute atomic E-state index is 13.7. The van der Waals surface area contributed by atoms with E-state index < -0.39 is 11.8 Å². The monoisotopic (exact) mass is 303 g/mol. The lowest BCUT2D eigenvalue weighted by Gasteiger charge is -2.29. The Morgan fingerprint density at radius 1 is 1.27 bits per heavy atom. The molecule has 3 rings (SSSR count). The zero-order valence-electron chi connectivity index (χ0n) is 11.9. The van der Waals surface area contributed by atoms with Crippen LogP contribution in [0.4, 0.5) is 4.39 Å². The normalized spacial score (nSPS) is 13.8. The molecule has 2 aromatic rings. The fourth-order valence-corrected chi connectivity index (χ4v) is 2.65. The highest BCUT2D eigenvalue weighted by Gasteiger charge is 2.25. The van der Waals surface area contributed by atoms with Gasteiger partial charge in [0, 0.05) is 13.1 Å². The number of fused-ring (bicyclic) bond motifs is 1. The van der Waals surface area contributed by atoms with Crippen molar-refractivity contribution in [1.29, 1.82) is 0 Å². The van der Waals surface area contributed by atoms with Gasteiger partial charge < -0.3 is 14.4 Å². The minimum atomic E-state index is -1.31. The molecule has 0 saturated carbocycles. The van der Waals surface area contributed by atoms with E-state index in [1.54, 1.807) is 17.9 Å². The molecule has 2 heterocycles. The number of furan rings is 1. The van der Waals surface area contributed by atoms with E-state index in [0.717, 1.165) is 5.56 Å². The van der Waals surface area contributed by atoms with Crippen LogP contribution in [-0.4, -0.2) is 28.4 Å². The van der Waals surface area contributed by atoms with Gasteiger partial charge in [0.05, 0.1) is 11.1 Å². The summed E-state index contributed by atoms with van der Waals surface area (Å²) in [5.74, 6) is -1.58. The number of hydrogen-bond acceptors (Lipinski definition) is 3. The SMILES string of the molecule is Cc1cc(C(=O)N2CCc3cc(F)c(C(=O)O)cc3C2)co1. The van der Waals surface area contributed by atoms with Crippen LogP contribution in [0.5, 0.6) is 0 Å². The highest BCUT2D eigenvalue weighted by molar-refractivity contribution is 5.94. The molecule has 0 spiro atoms. The van der Waals surface area contributed by atoms with Crippen LogP contribution in [0, 0.1) is 12.7 Å². The van der Waals surface area contributed by atoms with Crippen molar-refractivity contribution in [2.24, 2.45) is 0 Å². The third-order valence-electron chi connectivity index (χ3n) is 3.80. The van der Waals surface area contributed by atoms with Gasteiger partial charge in [0.1, 0.15) is 17.8 Å². The Hall–Kier alpha value is -2.63. The Labute approximate surface area is 126 Å². The lowest BCUT2D eigenvalue weighted by Crippen LogP contribution is -2.36. The molecular weight excluding hydrogens is 289 g/mol. The second kappa shape index (κ2) is 5.29. The number of carbonyl (C=O) groups excluding carboxylic acids is 1. The van der Waals surface area contributed by atoms with E-state index in [-0.39, 0.29) is 18.0 Å². The third-order valence-corrected chi connectivity index (χ3v) is 3.80. The molecule has 0 radical (unpaired) electrons. The molecule has 1 N–H and O–H groups in total. The molecular formula is C16H14FNO4. The zero-order chi connectivity index (χ0) is 15.9. The summed E-state index contributed by atoms with van der Waals surface area (Å²) in [7, 11) is 0. The number of rotatable bonds is 2. The molecule has 5 nitrogen and oxygen atoms in total. The van der Waals surface area contributed by atoms with Crippen molar-refractivity contribution in [3.8, 4) is 0 Å². The summed E-state index contributed by atoms with van der Waals surface area (Å²) >= 11 is 0. The average Bonchev–Trinajstić information content (AvgIpc) is 2.91. The molecule has 1 aliphatic heterocycles. The second-order valence-electron chi connectivity index (χ2n) is 5.33. The van der Waals surface area contributed by atoms with Crippen molar-refractivity contribution in [2.75, 3.05) is 6.54 Å². The molecule has 1 amide bonds. The van der Waals surface area contributed by atoms with Gasteiger partial charge in [-0.15, -0.1) is 0 Å². The first-order valence-electron chi connectivity index (χ1n) is 6.84. The molecule has 114 valence electrons. The molecule has 0 unspecified atom stereocenters. The maximum atomic E-state index is 13.7. The maximum Gasteiger partial charge on any atom is 0.338 e. The predicted molar refractivity (Wildman–Crippen MR) is 75.2 cm³/mol. The van der Waals surface area contributed by atoms with Crippen LogP contribution in [0.3, 0.4) is 0 Å². The van der Waals surface area contributed by atoms with E-state index in [2.05, 4.69) is 0 Å². The number of amides is 1. The quantitative estimate of drug-likeness (QED) is 0.926. The molecule has 1 aromatic carbocycles. The molecule has 22 heavy (non-hydrogen) atoms. The molecule has 1 aliphatic rings. The summed E-state index contributed by atoms with van der Waals surface area (Å²) in [5, 5.41) is 8.99. The van der Waals surface area contributed by atoms with Crippen molar-refractivity contribution >= 4 is 11.9 Å². The minimum absolute atomic E-state index is 0.177. The average molecular weight is 303 g/mol. The van der Waals surface area contributed by atoms with Crippen LogP contribution >= 0.6 is 0 Å². The van der Waals surface area contributed by atoms with Crippen molar-refractivity contribution in [3.63, 3.8) is 0 Å². The molecule has 0 bridgehead atoms. The molecule has 6 heteroatoms. The molecule has 0 atom stereocenters. The zero-order valence-corrected chi connectivity index (χ0v) is 11.9. The molecule has 0 aliphatic carbocycles. The molecule has 0 fully saturated rings. The van der Waals surface area contributed by atoms with E-state index in [1.807, 2.05) is 0 Å². The van der Waals surface area contributed by atoms with Gasteiger partial charge in [-0.1, -0.05) is 0 Å². The Balaban J connectivity index is 1.88. The highest BCUT2D eigenvalue weighted by Crippen LogP contribution is 2.24. The summed E-state index contributed by atoms with van der Waals surface area (Å²) in [6, 6.07) is 4.22. The number of halogens is 1. The summed E-state index contributed by atoms with van der Waals surface area (Å²) in [6.45, 7) is 2.48. The first-order valence-corrected chi connectivity index (χ1v) is 6.84. The topological polar surface area (TPSA) is 70.8 Å².